The van der Waals surface area contributed by atoms with Crippen LogP contribution in [0.15, 0.2) is 18.2 Å². The molecule has 4 heteroatoms. The lowest BCUT2D eigenvalue weighted by Gasteiger charge is -2.40. The van der Waals surface area contributed by atoms with Crippen LogP contribution >= 0.6 is 0 Å². The fourth-order valence-electron chi connectivity index (χ4n) is 3.00. The number of benzene rings is 1. The summed E-state index contributed by atoms with van der Waals surface area (Å²) >= 11 is 0. The zero-order valence-corrected chi connectivity index (χ0v) is 11.8. The first-order valence-corrected chi connectivity index (χ1v) is 6.64. The van der Waals surface area contributed by atoms with Gasteiger partial charge in [0, 0.05) is 7.11 Å². The molecule has 1 aromatic carbocycles. The van der Waals surface area contributed by atoms with E-state index in [9.17, 15) is 5.11 Å². The molecule has 1 aromatic rings. The van der Waals surface area contributed by atoms with Crippen molar-refractivity contribution in [2.75, 3.05) is 21.3 Å². The van der Waals surface area contributed by atoms with Crippen LogP contribution in [0.4, 0.5) is 0 Å². The Hall–Kier alpha value is -1.26. The highest BCUT2D eigenvalue weighted by atomic mass is 16.5. The van der Waals surface area contributed by atoms with Gasteiger partial charge < -0.3 is 19.3 Å². The van der Waals surface area contributed by atoms with Gasteiger partial charge in [-0.15, -0.1) is 0 Å². The molecule has 0 radical (unpaired) electrons. The molecule has 106 valence electrons. The Morgan fingerprint density at radius 3 is 2.26 bits per heavy atom. The van der Waals surface area contributed by atoms with E-state index in [0.717, 1.165) is 19.3 Å². The van der Waals surface area contributed by atoms with Gasteiger partial charge in [-0.05, 0) is 25.0 Å². The van der Waals surface area contributed by atoms with Crippen molar-refractivity contribution in [2.45, 2.75) is 37.4 Å². The molecule has 0 bridgehead atoms. The zero-order valence-electron chi connectivity index (χ0n) is 11.8. The van der Waals surface area contributed by atoms with Crippen molar-refractivity contribution < 1.29 is 19.3 Å². The van der Waals surface area contributed by atoms with Crippen molar-refractivity contribution in [3.8, 4) is 11.5 Å². The minimum absolute atomic E-state index is 0.230. The predicted octanol–water partition coefficient (Wildman–Crippen LogP) is 2.48. The molecule has 0 saturated heterocycles. The van der Waals surface area contributed by atoms with Crippen LogP contribution in [0.2, 0.25) is 0 Å². The summed E-state index contributed by atoms with van der Waals surface area (Å²) in [6.45, 7) is 0. The van der Waals surface area contributed by atoms with Crippen LogP contribution in [0, 0.1) is 0 Å². The number of methoxy groups -OCH3 is 3. The fourth-order valence-corrected chi connectivity index (χ4v) is 3.00. The number of ether oxygens (including phenoxy) is 3. The van der Waals surface area contributed by atoms with E-state index in [1.54, 1.807) is 21.3 Å². The summed E-state index contributed by atoms with van der Waals surface area (Å²) in [7, 11) is 4.85. The standard InChI is InChI=1S/C15H22O4/c1-17-11-7-6-8-12(18-2)14(11)15(16)10-5-4-9-13(15)19-3/h6-8,13,16H,4-5,9-10H2,1-3H3. The summed E-state index contributed by atoms with van der Waals surface area (Å²) in [4.78, 5) is 0. The van der Waals surface area contributed by atoms with Gasteiger partial charge in [0.15, 0.2) is 0 Å². The molecule has 1 fully saturated rings. The second-order valence-corrected chi connectivity index (χ2v) is 4.93. The van der Waals surface area contributed by atoms with Crippen molar-refractivity contribution in [1.82, 2.24) is 0 Å². The number of rotatable bonds is 4. The van der Waals surface area contributed by atoms with Crippen LogP contribution < -0.4 is 9.47 Å². The summed E-state index contributed by atoms with van der Waals surface area (Å²) in [5.74, 6) is 1.29. The van der Waals surface area contributed by atoms with E-state index >= 15 is 0 Å². The Kier molecular flexibility index (Phi) is 4.32. The van der Waals surface area contributed by atoms with Gasteiger partial charge in [0.1, 0.15) is 17.1 Å². The van der Waals surface area contributed by atoms with Crippen molar-refractivity contribution in [2.24, 2.45) is 0 Å². The molecule has 1 N–H and O–H groups in total. The Morgan fingerprint density at radius 1 is 1.11 bits per heavy atom. The normalized spacial score (nSPS) is 27.1. The lowest BCUT2D eigenvalue weighted by Crippen LogP contribution is -2.43. The number of hydrogen-bond acceptors (Lipinski definition) is 4. The van der Waals surface area contributed by atoms with Gasteiger partial charge in [-0.1, -0.05) is 18.9 Å². The highest BCUT2D eigenvalue weighted by molar-refractivity contribution is 5.49. The monoisotopic (exact) mass is 266 g/mol. The van der Waals surface area contributed by atoms with E-state index in [0.29, 0.717) is 23.5 Å². The molecule has 1 saturated carbocycles. The molecular formula is C15H22O4. The van der Waals surface area contributed by atoms with Crippen molar-refractivity contribution >= 4 is 0 Å². The average molecular weight is 266 g/mol. The van der Waals surface area contributed by atoms with Crippen LogP contribution in [0.25, 0.3) is 0 Å². The molecule has 2 unspecified atom stereocenters. The first kappa shape index (κ1) is 14.2. The van der Waals surface area contributed by atoms with Gasteiger partial charge in [-0.3, -0.25) is 0 Å². The van der Waals surface area contributed by atoms with Gasteiger partial charge >= 0.3 is 0 Å². The molecule has 0 heterocycles. The highest BCUT2D eigenvalue weighted by Crippen LogP contribution is 2.46. The van der Waals surface area contributed by atoms with Gasteiger partial charge in [0.25, 0.3) is 0 Å². The lowest BCUT2D eigenvalue weighted by atomic mass is 9.76. The van der Waals surface area contributed by atoms with Gasteiger partial charge in [-0.25, -0.2) is 0 Å². The summed E-state index contributed by atoms with van der Waals surface area (Å²) in [5, 5.41) is 11.1. The Bertz CT molecular complexity index is 410. The van der Waals surface area contributed by atoms with Crippen molar-refractivity contribution in [3.05, 3.63) is 23.8 Å². The van der Waals surface area contributed by atoms with Crippen LogP contribution in [-0.4, -0.2) is 32.5 Å². The first-order chi connectivity index (χ1) is 9.17. The third kappa shape index (κ3) is 2.42. The van der Waals surface area contributed by atoms with Crippen molar-refractivity contribution in [1.29, 1.82) is 0 Å². The maximum absolute atomic E-state index is 11.1. The molecule has 0 spiro atoms. The highest BCUT2D eigenvalue weighted by Gasteiger charge is 2.44. The van der Waals surface area contributed by atoms with Gasteiger partial charge in [0.2, 0.25) is 0 Å². The SMILES string of the molecule is COc1cccc(OC)c1C1(O)CCCCC1OC. The van der Waals surface area contributed by atoms with Crippen LogP contribution in [0.5, 0.6) is 11.5 Å². The molecule has 1 aliphatic carbocycles. The van der Waals surface area contributed by atoms with E-state index < -0.39 is 5.60 Å². The van der Waals surface area contributed by atoms with E-state index in [-0.39, 0.29) is 6.10 Å². The molecule has 2 atom stereocenters. The summed E-state index contributed by atoms with van der Waals surface area (Å²) < 4.78 is 16.3. The molecule has 1 aliphatic rings. The molecule has 19 heavy (non-hydrogen) atoms. The first-order valence-electron chi connectivity index (χ1n) is 6.64. The molecular weight excluding hydrogens is 244 g/mol. The third-order valence-electron chi connectivity index (χ3n) is 3.95. The van der Waals surface area contributed by atoms with E-state index in [4.69, 9.17) is 14.2 Å². The average Bonchev–Trinajstić information content (AvgIpc) is 2.46. The largest absolute Gasteiger partial charge is 0.496 e. The lowest BCUT2D eigenvalue weighted by molar-refractivity contribution is -0.124. The quantitative estimate of drug-likeness (QED) is 0.909. The minimum Gasteiger partial charge on any atom is -0.496 e. The Morgan fingerprint density at radius 2 is 1.74 bits per heavy atom. The Balaban J connectivity index is 2.54. The minimum atomic E-state index is -1.05. The van der Waals surface area contributed by atoms with E-state index in [1.807, 2.05) is 18.2 Å². The van der Waals surface area contributed by atoms with E-state index in [2.05, 4.69) is 0 Å². The second-order valence-electron chi connectivity index (χ2n) is 4.93. The molecule has 0 aromatic heterocycles. The second kappa shape index (κ2) is 5.80. The smallest absolute Gasteiger partial charge is 0.128 e. The number of aliphatic hydroxyl groups is 1. The summed E-state index contributed by atoms with van der Waals surface area (Å²) in [6.07, 6.45) is 3.30. The van der Waals surface area contributed by atoms with Crippen LogP contribution in [0.1, 0.15) is 31.2 Å². The van der Waals surface area contributed by atoms with Crippen molar-refractivity contribution in [3.63, 3.8) is 0 Å². The predicted molar refractivity (Wildman–Crippen MR) is 72.7 cm³/mol. The van der Waals surface area contributed by atoms with E-state index in [1.165, 1.54) is 0 Å². The van der Waals surface area contributed by atoms with Crippen LogP contribution in [-0.2, 0) is 10.3 Å². The zero-order chi connectivity index (χ0) is 13.9. The maximum Gasteiger partial charge on any atom is 0.128 e. The molecule has 0 amide bonds. The third-order valence-corrected chi connectivity index (χ3v) is 3.95. The summed E-state index contributed by atoms with van der Waals surface area (Å²) in [6, 6.07) is 5.55. The maximum atomic E-state index is 11.1. The van der Waals surface area contributed by atoms with Crippen LogP contribution in [0.3, 0.4) is 0 Å². The number of hydrogen-bond donors (Lipinski definition) is 1. The van der Waals surface area contributed by atoms with Gasteiger partial charge in [-0.2, -0.15) is 0 Å². The molecule has 4 nitrogen and oxygen atoms in total. The summed E-state index contributed by atoms with van der Waals surface area (Å²) in [5.41, 5.74) is -0.350. The molecule has 0 aliphatic heterocycles. The van der Waals surface area contributed by atoms with Gasteiger partial charge in [0.05, 0.1) is 25.9 Å². The Labute approximate surface area is 114 Å². The molecule has 2 rings (SSSR count). The topological polar surface area (TPSA) is 47.9 Å². The fraction of sp³-hybridized carbons (Fsp3) is 0.600.